The van der Waals surface area contributed by atoms with Crippen molar-refractivity contribution in [3.8, 4) is 17.2 Å². The van der Waals surface area contributed by atoms with Gasteiger partial charge in [0.25, 0.3) is 11.8 Å². The average molecular weight is 461 g/mol. The summed E-state index contributed by atoms with van der Waals surface area (Å²) in [5.74, 6) is 1.55. The minimum Gasteiger partial charge on any atom is -0.492 e. The lowest BCUT2D eigenvalue weighted by molar-refractivity contribution is -0.121. The molecule has 0 saturated heterocycles. The molecule has 0 fully saturated rings. The smallest absolute Gasteiger partial charge is 0.265 e. The fourth-order valence-corrected chi connectivity index (χ4v) is 3.64. The lowest BCUT2D eigenvalue weighted by atomic mass is 10.1. The first-order valence-electron chi connectivity index (χ1n) is 11.2. The van der Waals surface area contributed by atoms with E-state index in [0.29, 0.717) is 36.0 Å². The van der Waals surface area contributed by atoms with E-state index in [4.69, 9.17) is 14.2 Å². The molecule has 0 radical (unpaired) electrons. The Morgan fingerprint density at radius 3 is 2.62 bits per heavy atom. The zero-order valence-corrected chi connectivity index (χ0v) is 19.6. The van der Waals surface area contributed by atoms with Crippen LogP contribution in [0, 0.1) is 20.8 Å². The van der Waals surface area contributed by atoms with Crippen molar-refractivity contribution >= 4 is 23.2 Å². The van der Waals surface area contributed by atoms with E-state index in [1.54, 1.807) is 23.1 Å². The molecule has 0 unspecified atom stereocenters. The summed E-state index contributed by atoms with van der Waals surface area (Å²) in [6, 6.07) is 18.7. The molecule has 0 aromatic heterocycles. The van der Waals surface area contributed by atoms with Crippen molar-refractivity contribution < 1.29 is 23.8 Å². The van der Waals surface area contributed by atoms with Crippen molar-refractivity contribution in [2.45, 2.75) is 20.8 Å². The first-order valence-corrected chi connectivity index (χ1v) is 11.2. The second-order valence-electron chi connectivity index (χ2n) is 8.21. The van der Waals surface area contributed by atoms with E-state index in [-0.39, 0.29) is 25.0 Å². The second-order valence-corrected chi connectivity index (χ2v) is 8.21. The van der Waals surface area contributed by atoms with Gasteiger partial charge in [0.05, 0.1) is 12.2 Å². The Kier molecular flexibility index (Phi) is 7.01. The number of hydrogen-bond donors (Lipinski definition) is 1. The van der Waals surface area contributed by atoms with Gasteiger partial charge < -0.3 is 24.4 Å². The fourth-order valence-electron chi connectivity index (χ4n) is 3.64. The number of aryl methyl sites for hydroxylation is 2. The van der Waals surface area contributed by atoms with Crippen molar-refractivity contribution in [1.29, 1.82) is 0 Å². The standard InChI is InChI=1S/C27H28N2O5/c1-18-7-10-22(11-8-18)32-14-13-29-23-15-21(9-12-25(23)34-17-27(29)31)28-26(30)16-33-24-6-4-5-19(2)20(24)3/h4-12,15H,13-14,16-17H2,1-3H3,(H,28,30). The average Bonchev–Trinajstić information content (AvgIpc) is 2.82. The number of amides is 2. The number of benzene rings is 3. The van der Waals surface area contributed by atoms with Crippen LogP contribution >= 0.6 is 0 Å². The van der Waals surface area contributed by atoms with Crippen molar-refractivity contribution in [3.63, 3.8) is 0 Å². The summed E-state index contributed by atoms with van der Waals surface area (Å²) in [4.78, 5) is 26.6. The van der Waals surface area contributed by atoms with Crippen molar-refractivity contribution in [1.82, 2.24) is 0 Å². The maximum Gasteiger partial charge on any atom is 0.265 e. The van der Waals surface area contributed by atoms with Crippen LogP contribution in [0.5, 0.6) is 17.2 Å². The van der Waals surface area contributed by atoms with E-state index >= 15 is 0 Å². The van der Waals surface area contributed by atoms with E-state index in [0.717, 1.165) is 22.4 Å². The topological polar surface area (TPSA) is 77.1 Å². The lowest BCUT2D eigenvalue weighted by Crippen LogP contribution is -2.41. The third kappa shape index (κ3) is 5.49. The first-order chi connectivity index (χ1) is 16.4. The van der Waals surface area contributed by atoms with Gasteiger partial charge in [-0.3, -0.25) is 9.59 Å². The summed E-state index contributed by atoms with van der Waals surface area (Å²) in [6.07, 6.45) is 0. The molecule has 7 nitrogen and oxygen atoms in total. The monoisotopic (exact) mass is 460 g/mol. The molecule has 0 atom stereocenters. The summed E-state index contributed by atoms with van der Waals surface area (Å²) in [5.41, 5.74) is 4.40. The van der Waals surface area contributed by atoms with Crippen LogP contribution in [0.2, 0.25) is 0 Å². The van der Waals surface area contributed by atoms with Crippen molar-refractivity contribution in [2.75, 3.05) is 36.6 Å². The zero-order valence-electron chi connectivity index (χ0n) is 19.6. The molecular weight excluding hydrogens is 432 g/mol. The molecule has 4 rings (SSSR count). The number of ether oxygens (including phenoxy) is 3. The third-order valence-corrected chi connectivity index (χ3v) is 5.70. The van der Waals surface area contributed by atoms with Gasteiger partial charge in [-0.15, -0.1) is 0 Å². The summed E-state index contributed by atoms with van der Waals surface area (Å²) < 4.78 is 17.0. The van der Waals surface area contributed by atoms with Crippen LogP contribution < -0.4 is 24.4 Å². The Balaban J connectivity index is 1.39. The summed E-state index contributed by atoms with van der Waals surface area (Å²) in [5, 5.41) is 2.83. The van der Waals surface area contributed by atoms with Crippen LogP contribution in [0.4, 0.5) is 11.4 Å². The number of rotatable bonds is 8. The Bertz CT molecular complexity index is 1190. The predicted molar refractivity (Wildman–Crippen MR) is 131 cm³/mol. The maximum atomic E-state index is 12.5. The van der Waals surface area contributed by atoms with Gasteiger partial charge in [0.15, 0.2) is 13.2 Å². The fraction of sp³-hybridized carbons (Fsp3) is 0.259. The highest BCUT2D eigenvalue weighted by Crippen LogP contribution is 2.34. The molecule has 0 bridgehead atoms. The maximum absolute atomic E-state index is 12.5. The van der Waals surface area contributed by atoms with Crippen LogP contribution in [0.3, 0.4) is 0 Å². The summed E-state index contributed by atoms with van der Waals surface area (Å²) in [7, 11) is 0. The minimum atomic E-state index is -0.293. The molecule has 34 heavy (non-hydrogen) atoms. The largest absolute Gasteiger partial charge is 0.492 e. The molecular formula is C27H28N2O5. The Hall–Kier alpha value is -4.00. The predicted octanol–water partition coefficient (Wildman–Crippen LogP) is 4.43. The van der Waals surface area contributed by atoms with Crippen LogP contribution in [0.15, 0.2) is 60.7 Å². The number of fused-ring (bicyclic) bond motifs is 1. The molecule has 176 valence electrons. The molecule has 3 aromatic carbocycles. The van der Waals surface area contributed by atoms with Gasteiger partial charge in [0.1, 0.15) is 23.9 Å². The number of nitrogens with one attached hydrogen (secondary N) is 1. The third-order valence-electron chi connectivity index (χ3n) is 5.70. The number of carbonyl (C=O) groups is 2. The van der Waals surface area contributed by atoms with E-state index in [1.807, 2.05) is 63.2 Å². The minimum absolute atomic E-state index is 0.0348. The van der Waals surface area contributed by atoms with Crippen LogP contribution in [0.1, 0.15) is 16.7 Å². The highest BCUT2D eigenvalue weighted by molar-refractivity contribution is 5.99. The second kappa shape index (κ2) is 10.3. The highest BCUT2D eigenvalue weighted by atomic mass is 16.5. The molecule has 0 saturated carbocycles. The van der Waals surface area contributed by atoms with E-state index in [1.165, 1.54) is 0 Å². The van der Waals surface area contributed by atoms with Gasteiger partial charge in [0.2, 0.25) is 0 Å². The number of carbonyl (C=O) groups excluding carboxylic acids is 2. The molecule has 1 heterocycles. The van der Waals surface area contributed by atoms with Crippen molar-refractivity contribution in [2.24, 2.45) is 0 Å². The number of nitrogens with zero attached hydrogens (tertiary/aromatic N) is 1. The summed E-state index contributed by atoms with van der Waals surface area (Å²) in [6.45, 7) is 6.50. The molecule has 1 aliphatic rings. The van der Waals surface area contributed by atoms with Gasteiger partial charge in [-0.25, -0.2) is 0 Å². The van der Waals surface area contributed by atoms with Crippen LogP contribution in [-0.2, 0) is 9.59 Å². The molecule has 1 aliphatic heterocycles. The van der Waals surface area contributed by atoms with Gasteiger partial charge in [0, 0.05) is 5.69 Å². The number of anilines is 2. The Morgan fingerprint density at radius 2 is 1.82 bits per heavy atom. The van der Waals surface area contributed by atoms with Gasteiger partial charge in [-0.1, -0.05) is 29.8 Å². The van der Waals surface area contributed by atoms with Gasteiger partial charge in [-0.2, -0.15) is 0 Å². The quantitative estimate of drug-likeness (QED) is 0.538. The van der Waals surface area contributed by atoms with Crippen LogP contribution in [-0.4, -0.2) is 38.2 Å². The van der Waals surface area contributed by atoms with Crippen LogP contribution in [0.25, 0.3) is 0 Å². The Morgan fingerprint density at radius 1 is 1.03 bits per heavy atom. The molecule has 0 aliphatic carbocycles. The molecule has 7 heteroatoms. The molecule has 2 amide bonds. The molecule has 3 aromatic rings. The first kappa shape index (κ1) is 23.2. The van der Waals surface area contributed by atoms with E-state index in [2.05, 4.69) is 5.32 Å². The SMILES string of the molecule is Cc1ccc(OCCN2C(=O)COc3ccc(NC(=O)COc4cccc(C)c4C)cc32)cc1. The van der Waals surface area contributed by atoms with Crippen molar-refractivity contribution in [3.05, 3.63) is 77.4 Å². The zero-order chi connectivity index (χ0) is 24.1. The Labute approximate surface area is 199 Å². The molecule has 1 N–H and O–H groups in total. The van der Waals surface area contributed by atoms with E-state index < -0.39 is 0 Å². The van der Waals surface area contributed by atoms with Gasteiger partial charge in [-0.05, 0) is 68.3 Å². The summed E-state index contributed by atoms with van der Waals surface area (Å²) >= 11 is 0. The normalized spacial score (nSPS) is 12.6. The lowest BCUT2D eigenvalue weighted by Gasteiger charge is -2.29. The number of hydrogen-bond acceptors (Lipinski definition) is 5. The molecule has 0 spiro atoms. The van der Waals surface area contributed by atoms with Gasteiger partial charge >= 0.3 is 0 Å². The highest BCUT2D eigenvalue weighted by Gasteiger charge is 2.26. The van der Waals surface area contributed by atoms with E-state index in [9.17, 15) is 9.59 Å².